The lowest BCUT2D eigenvalue weighted by molar-refractivity contribution is 0.129. The molecule has 0 spiro atoms. The highest BCUT2D eigenvalue weighted by molar-refractivity contribution is 5.40. The largest absolute Gasteiger partial charge is 0.342 e. The van der Waals surface area contributed by atoms with Gasteiger partial charge in [-0.15, -0.1) is 0 Å². The molecule has 0 radical (unpaired) electrons. The van der Waals surface area contributed by atoms with E-state index in [-0.39, 0.29) is 5.41 Å². The van der Waals surface area contributed by atoms with Crippen LogP contribution in [0.15, 0.2) is 16.9 Å². The van der Waals surface area contributed by atoms with E-state index in [1.165, 1.54) is 6.42 Å². The van der Waals surface area contributed by atoms with Crippen LogP contribution in [0.5, 0.6) is 0 Å². The lowest BCUT2D eigenvalue weighted by atomic mass is 9.67. The second-order valence-electron chi connectivity index (χ2n) is 4.68. The molecule has 2 aromatic heterocycles. The summed E-state index contributed by atoms with van der Waals surface area (Å²) >= 11 is 0. The predicted octanol–water partition coefficient (Wildman–Crippen LogP) is 1.13. The number of H-pyrrole nitrogens is 1. The second kappa shape index (κ2) is 3.96. The number of aromatic nitrogens is 4. The molecule has 1 aliphatic carbocycles. The lowest BCUT2D eigenvalue weighted by Gasteiger charge is -2.39. The minimum absolute atomic E-state index is 0.187. The number of nitrogens with two attached hydrogens (primary N) is 1. The molecule has 2 heterocycles. The highest BCUT2D eigenvalue weighted by Gasteiger charge is 2.37. The average molecular weight is 233 g/mol. The van der Waals surface area contributed by atoms with Crippen LogP contribution in [0.1, 0.15) is 25.2 Å². The quantitative estimate of drug-likeness (QED) is 0.825. The van der Waals surface area contributed by atoms with Crippen molar-refractivity contribution >= 4 is 0 Å². The summed E-state index contributed by atoms with van der Waals surface area (Å²) in [5.74, 6) is 1.80. The van der Waals surface area contributed by atoms with Gasteiger partial charge >= 0.3 is 0 Å². The number of imidazole rings is 1. The summed E-state index contributed by atoms with van der Waals surface area (Å²) in [5, 5.41) is 3.91. The van der Waals surface area contributed by atoms with Crippen molar-refractivity contribution in [3.8, 4) is 11.6 Å². The van der Waals surface area contributed by atoms with Gasteiger partial charge in [0.2, 0.25) is 11.7 Å². The Balaban J connectivity index is 1.77. The van der Waals surface area contributed by atoms with Crippen molar-refractivity contribution in [3.05, 3.63) is 18.3 Å². The van der Waals surface area contributed by atoms with Crippen LogP contribution >= 0.6 is 0 Å². The molecule has 6 heteroatoms. The van der Waals surface area contributed by atoms with Crippen LogP contribution in [0.3, 0.4) is 0 Å². The molecule has 0 amide bonds. The molecular weight excluding hydrogens is 218 g/mol. The molecule has 6 nitrogen and oxygen atoms in total. The molecule has 0 saturated heterocycles. The molecule has 90 valence electrons. The van der Waals surface area contributed by atoms with Crippen molar-refractivity contribution in [2.24, 2.45) is 11.1 Å². The van der Waals surface area contributed by atoms with Crippen LogP contribution in [0.25, 0.3) is 11.6 Å². The molecule has 17 heavy (non-hydrogen) atoms. The molecule has 0 aromatic carbocycles. The third-order valence-corrected chi connectivity index (χ3v) is 3.55. The molecule has 1 aliphatic rings. The summed E-state index contributed by atoms with van der Waals surface area (Å²) in [6, 6.07) is 0. The summed E-state index contributed by atoms with van der Waals surface area (Å²) in [4.78, 5) is 11.4. The van der Waals surface area contributed by atoms with Gasteiger partial charge in [-0.1, -0.05) is 11.6 Å². The Hall–Kier alpha value is -1.69. The van der Waals surface area contributed by atoms with E-state index in [2.05, 4.69) is 20.1 Å². The first-order valence-electron chi connectivity index (χ1n) is 5.84. The number of rotatable bonds is 4. The smallest absolute Gasteiger partial charge is 0.238 e. The van der Waals surface area contributed by atoms with Gasteiger partial charge in [0.1, 0.15) is 0 Å². The first-order chi connectivity index (χ1) is 8.31. The van der Waals surface area contributed by atoms with Gasteiger partial charge in [0.25, 0.3) is 0 Å². The van der Waals surface area contributed by atoms with Crippen LogP contribution in [-0.4, -0.2) is 26.7 Å². The molecule has 0 aliphatic heterocycles. The van der Waals surface area contributed by atoms with Gasteiger partial charge in [-0.25, -0.2) is 4.98 Å². The van der Waals surface area contributed by atoms with E-state index in [1.54, 1.807) is 12.4 Å². The van der Waals surface area contributed by atoms with Crippen LogP contribution in [-0.2, 0) is 6.42 Å². The third-order valence-electron chi connectivity index (χ3n) is 3.55. The molecule has 3 rings (SSSR count). The number of nitrogens with zero attached hydrogens (tertiary/aromatic N) is 3. The van der Waals surface area contributed by atoms with Crippen LogP contribution < -0.4 is 5.73 Å². The SMILES string of the molecule is NCC1(Cc2nc(-c3ncc[nH]3)no2)CCC1. The molecule has 3 N–H and O–H groups in total. The fraction of sp³-hybridized carbons (Fsp3) is 0.545. The van der Waals surface area contributed by atoms with Crippen molar-refractivity contribution in [1.29, 1.82) is 0 Å². The molecule has 1 fully saturated rings. The van der Waals surface area contributed by atoms with Gasteiger partial charge in [-0.05, 0) is 24.8 Å². The Labute approximate surface area is 98.6 Å². The van der Waals surface area contributed by atoms with Crippen LogP contribution in [0, 0.1) is 5.41 Å². The fourth-order valence-corrected chi connectivity index (χ4v) is 2.26. The zero-order valence-electron chi connectivity index (χ0n) is 9.52. The first-order valence-corrected chi connectivity index (χ1v) is 5.84. The summed E-state index contributed by atoms with van der Waals surface area (Å²) in [6.07, 6.45) is 7.73. The second-order valence-corrected chi connectivity index (χ2v) is 4.68. The molecule has 0 unspecified atom stereocenters. The van der Waals surface area contributed by atoms with Crippen molar-refractivity contribution in [2.45, 2.75) is 25.7 Å². The lowest BCUT2D eigenvalue weighted by Crippen LogP contribution is -2.39. The van der Waals surface area contributed by atoms with Crippen molar-refractivity contribution in [2.75, 3.05) is 6.54 Å². The Bertz CT molecular complexity index is 480. The fourth-order valence-electron chi connectivity index (χ4n) is 2.26. The molecule has 0 atom stereocenters. The van der Waals surface area contributed by atoms with Crippen LogP contribution in [0.2, 0.25) is 0 Å². The number of nitrogens with one attached hydrogen (secondary N) is 1. The van der Waals surface area contributed by atoms with E-state index in [0.717, 1.165) is 19.3 Å². The zero-order chi connectivity index (χ0) is 11.7. The van der Waals surface area contributed by atoms with Gasteiger partial charge in [0.15, 0.2) is 5.82 Å². The number of aromatic amines is 1. The Morgan fingerprint density at radius 2 is 2.35 bits per heavy atom. The highest BCUT2D eigenvalue weighted by atomic mass is 16.5. The summed E-state index contributed by atoms with van der Waals surface area (Å²) < 4.78 is 5.25. The van der Waals surface area contributed by atoms with Crippen LogP contribution in [0.4, 0.5) is 0 Å². The summed E-state index contributed by atoms with van der Waals surface area (Å²) in [7, 11) is 0. The maximum absolute atomic E-state index is 5.81. The maximum atomic E-state index is 5.81. The minimum atomic E-state index is 0.187. The standard InChI is InChI=1S/C11H15N5O/c12-7-11(2-1-3-11)6-8-15-10(16-17-8)9-13-4-5-14-9/h4-5H,1-3,6-7,12H2,(H,13,14). The normalized spacial score (nSPS) is 17.9. The molecule has 0 bridgehead atoms. The van der Waals surface area contributed by atoms with E-state index in [4.69, 9.17) is 10.3 Å². The topological polar surface area (TPSA) is 93.6 Å². The molecule has 2 aromatic rings. The Morgan fingerprint density at radius 1 is 1.47 bits per heavy atom. The number of hydrogen-bond acceptors (Lipinski definition) is 5. The van der Waals surface area contributed by atoms with E-state index in [9.17, 15) is 0 Å². The van der Waals surface area contributed by atoms with Gasteiger partial charge in [0, 0.05) is 18.8 Å². The minimum Gasteiger partial charge on any atom is -0.342 e. The third kappa shape index (κ3) is 1.84. The van der Waals surface area contributed by atoms with Gasteiger partial charge in [-0.3, -0.25) is 0 Å². The maximum Gasteiger partial charge on any atom is 0.238 e. The van der Waals surface area contributed by atoms with Gasteiger partial charge in [0.05, 0.1) is 0 Å². The number of hydrogen-bond donors (Lipinski definition) is 2. The molecular formula is C11H15N5O. The van der Waals surface area contributed by atoms with Crippen molar-refractivity contribution in [3.63, 3.8) is 0 Å². The van der Waals surface area contributed by atoms with Gasteiger partial charge < -0.3 is 15.2 Å². The highest BCUT2D eigenvalue weighted by Crippen LogP contribution is 2.42. The monoisotopic (exact) mass is 233 g/mol. The molecule has 1 saturated carbocycles. The van der Waals surface area contributed by atoms with E-state index in [0.29, 0.717) is 24.1 Å². The van der Waals surface area contributed by atoms with E-state index < -0.39 is 0 Å². The average Bonchev–Trinajstić information content (AvgIpc) is 2.94. The summed E-state index contributed by atoms with van der Waals surface area (Å²) in [6.45, 7) is 0.686. The Morgan fingerprint density at radius 3 is 2.94 bits per heavy atom. The van der Waals surface area contributed by atoms with E-state index >= 15 is 0 Å². The van der Waals surface area contributed by atoms with Gasteiger partial charge in [-0.2, -0.15) is 4.98 Å². The first kappa shape index (κ1) is 10.5. The van der Waals surface area contributed by atoms with Crippen molar-refractivity contribution < 1.29 is 4.52 Å². The zero-order valence-corrected chi connectivity index (χ0v) is 9.52. The van der Waals surface area contributed by atoms with E-state index in [1.807, 2.05) is 0 Å². The predicted molar refractivity (Wildman–Crippen MR) is 60.9 cm³/mol. The Kier molecular flexibility index (Phi) is 2.44. The van der Waals surface area contributed by atoms with Crippen molar-refractivity contribution in [1.82, 2.24) is 20.1 Å². The summed E-state index contributed by atoms with van der Waals surface area (Å²) in [5.41, 5.74) is 6.00.